The van der Waals surface area contributed by atoms with E-state index in [0.29, 0.717) is 18.1 Å². The maximum atomic E-state index is 8.78. The number of hydrogen-bond donors (Lipinski definition) is 2. The molecule has 112 valence electrons. The van der Waals surface area contributed by atoms with Gasteiger partial charge in [0.2, 0.25) is 0 Å². The number of ether oxygens (including phenoxy) is 2. The van der Waals surface area contributed by atoms with Crippen LogP contribution in [0.25, 0.3) is 0 Å². The van der Waals surface area contributed by atoms with Crippen molar-refractivity contribution in [2.45, 2.75) is 25.4 Å². The van der Waals surface area contributed by atoms with Crippen molar-refractivity contribution in [3.8, 4) is 0 Å². The molecule has 0 radical (unpaired) electrons. The van der Waals surface area contributed by atoms with E-state index < -0.39 is 0 Å². The second-order valence-corrected chi connectivity index (χ2v) is 5.90. The van der Waals surface area contributed by atoms with E-state index in [1.165, 1.54) is 0 Å². The van der Waals surface area contributed by atoms with E-state index in [0.717, 1.165) is 58.7 Å². The first-order valence-electron chi connectivity index (χ1n) is 7.45. The van der Waals surface area contributed by atoms with Gasteiger partial charge >= 0.3 is 0 Å². The number of aliphatic hydroxyl groups is 1. The van der Waals surface area contributed by atoms with E-state index in [9.17, 15) is 0 Å². The second kappa shape index (κ2) is 7.55. The summed E-state index contributed by atoms with van der Waals surface area (Å²) in [7, 11) is 2.02. The van der Waals surface area contributed by atoms with Gasteiger partial charge in [-0.3, -0.25) is 0 Å². The molecule has 2 saturated heterocycles. The number of rotatable bonds is 7. The lowest BCUT2D eigenvalue weighted by molar-refractivity contribution is -0.0154. The smallest absolute Gasteiger partial charge is 0.0701 e. The van der Waals surface area contributed by atoms with E-state index in [2.05, 4.69) is 10.2 Å². The summed E-state index contributed by atoms with van der Waals surface area (Å²) in [6.45, 7) is 6.75. The number of likely N-dealkylation sites (tertiary alicyclic amines) is 1. The van der Waals surface area contributed by atoms with Gasteiger partial charge < -0.3 is 24.8 Å². The average molecular weight is 272 g/mol. The van der Waals surface area contributed by atoms with Crippen LogP contribution in [0.2, 0.25) is 0 Å². The molecule has 1 unspecified atom stereocenters. The fourth-order valence-corrected chi connectivity index (χ4v) is 3.27. The first-order valence-corrected chi connectivity index (χ1v) is 7.45. The lowest BCUT2D eigenvalue weighted by atomic mass is 9.86. The van der Waals surface area contributed by atoms with E-state index in [4.69, 9.17) is 14.6 Å². The Hall–Kier alpha value is -0.200. The Balaban J connectivity index is 1.74. The van der Waals surface area contributed by atoms with Crippen LogP contribution in [0.1, 0.15) is 19.3 Å². The normalized spacial score (nSPS) is 30.0. The molecule has 2 aliphatic heterocycles. The van der Waals surface area contributed by atoms with E-state index in [1.807, 2.05) is 7.05 Å². The van der Waals surface area contributed by atoms with Crippen molar-refractivity contribution in [1.29, 1.82) is 0 Å². The topological polar surface area (TPSA) is 54.0 Å². The number of aliphatic hydroxyl groups excluding tert-OH is 1. The highest BCUT2D eigenvalue weighted by atomic mass is 16.5. The van der Waals surface area contributed by atoms with Gasteiger partial charge in [-0.15, -0.1) is 0 Å². The van der Waals surface area contributed by atoms with Gasteiger partial charge in [0.05, 0.1) is 25.9 Å². The Bertz CT molecular complexity index is 249. The van der Waals surface area contributed by atoms with Crippen molar-refractivity contribution >= 4 is 0 Å². The first-order chi connectivity index (χ1) is 9.28. The Kier molecular flexibility index (Phi) is 6.04. The zero-order valence-electron chi connectivity index (χ0n) is 12.1. The summed E-state index contributed by atoms with van der Waals surface area (Å²) in [6, 6.07) is 0. The third kappa shape index (κ3) is 4.39. The molecule has 1 atom stereocenters. The number of hydrogen-bond acceptors (Lipinski definition) is 5. The molecule has 0 spiro atoms. The summed E-state index contributed by atoms with van der Waals surface area (Å²) in [6.07, 6.45) is 3.66. The van der Waals surface area contributed by atoms with Crippen LogP contribution >= 0.6 is 0 Å². The van der Waals surface area contributed by atoms with Crippen LogP contribution in [-0.2, 0) is 9.47 Å². The van der Waals surface area contributed by atoms with Gasteiger partial charge in [0, 0.05) is 38.2 Å². The monoisotopic (exact) mass is 272 g/mol. The molecule has 0 amide bonds. The molecule has 19 heavy (non-hydrogen) atoms. The predicted molar refractivity (Wildman–Crippen MR) is 74.3 cm³/mol. The van der Waals surface area contributed by atoms with Crippen LogP contribution in [0.15, 0.2) is 0 Å². The van der Waals surface area contributed by atoms with Gasteiger partial charge in [0.25, 0.3) is 0 Å². The standard InChI is InChI=1S/C14H28N2O3/c1-15-10-14(4-8-18-12-14)11-16-5-2-13(3-6-16)19-9-7-17/h13,15,17H,2-12H2,1H3. The largest absolute Gasteiger partial charge is 0.394 e. The molecule has 2 N–H and O–H groups in total. The van der Waals surface area contributed by atoms with Crippen molar-refractivity contribution in [3.63, 3.8) is 0 Å². The Morgan fingerprint density at radius 2 is 2.21 bits per heavy atom. The highest BCUT2D eigenvalue weighted by Gasteiger charge is 2.36. The lowest BCUT2D eigenvalue weighted by Gasteiger charge is -2.38. The minimum absolute atomic E-state index is 0.128. The highest BCUT2D eigenvalue weighted by Crippen LogP contribution is 2.30. The van der Waals surface area contributed by atoms with Crippen molar-refractivity contribution in [3.05, 3.63) is 0 Å². The molecule has 0 aromatic rings. The molecular formula is C14H28N2O3. The maximum absolute atomic E-state index is 8.78. The Morgan fingerprint density at radius 3 is 2.79 bits per heavy atom. The van der Waals surface area contributed by atoms with Crippen LogP contribution < -0.4 is 5.32 Å². The summed E-state index contributed by atoms with van der Waals surface area (Å²) in [5.74, 6) is 0. The van der Waals surface area contributed by atoms with Crippen LogP contribution in [0, 0.1) is 5.41 Å². The van der Waals surface area contributed by atoms with Gasteiger partial charge in [-0.05, 0) is 26.3 Å². The molecule has 2 fully saturated rings. The summed E-state index contributed by atoms with van der Waals surface area (Å²) in [5.41, 5.74) is 0.299. The van der Waals surface area contributed by atoms with Gasteiger partial charge in [-0.25, -0.2) is 0 Å². The maximum Gasteiger partial charge on any atom is 0.0701 e. The molecule has 5 nitrogen and oxygen atoms in total. The Morgan fingerprint density at radius 1 is 1.42 bits per heavy atom. The molecule has 2 heterocycles. The first kappa shape index (κ1) is 15.2. The highest BCUT2D eigenvalue weighted by molar-refractivity contribution is 4.89. The molecule has 0 aromatic carbocycles. The minimum Gasteiger partial charge on any atom is -0.394 e. The molecule has 0 saturated carbocycles. The zero-order chi connectivity index (χ0) is 13.6. The second-order valence-electron chi connectivity index (χ2n) is 5.90. The van der Waals surface area contributed by atoms with Crippen LogP contribution in [0.3, 0.4) is 0 Å². The molecule has 5 heteroatoms. The zero-order valence-corrected chi connectivity index (χ0v) is 12.1. The fourth-order valence-electron chi connectivity index (χ4n) is 3.27. The molecule has 0 aromatic heterocycles. The molecular weight excluding hydrogens is 244 g/mol. The van der Waals surface area contributed by atoms with Crippen molar-refractivity contribution in [2.75, 3.05) is 59.7 Å². The molecule has 0 aliphatic carbocycles. The Labute approximate surface area is 116 Å². The fraction of sp³-hybridized carbons (Fsp3) is 1.00. The van der Waals surface area contributed by atoms with Crippen LogP contribution in [0.4, 0.5) is 0 Å². The summed E-state index contributed by atoms with van der Waals surface area (Å²) >= 11 is 0. The van der Waals surface area contributed by atoms with Gasteiger partial charge in [0.15, 0.2) is 0 Å². The SMILES string of the molecule is CNCC1(CN2CCC(OCCO)CC2)CCOC1. The van der Waals surface area contributed by atoms with Gasteiger partial charge in [0.1, 0.15) is 0 Å². The van der Waals surface area contributed by atoms with Crippen LogP contribution in [0.5, 0.6) is 0 Å². The average Bonchev–Trinajstić information content (AvgIpc) is 2.87. The summed E-state index contributed by atoms with van der Waals surface area (Å²) < 4.78 is 11.2. The summed E-state index contributed by atoms with van der Waals surface area (Å²) in [5, 5.41) is 12.1. The quantitative estimate of drug-likeness (QED) is 0.688. The minimum atomic E-state index is 0.128. The molecule has 0 bridgehead atoms. The third-order valence-electron chi connectivity index (χ3n) is 4.28. The lowest BCUT2D eigenvalue weighted by Crippen LogP contribution is -2.47. The van der Waals surface area contributed by atoms with E-state index in [1.54, 1.807) is 0 Å². The van der Waals surface area contributed by atoms with Gasteiger partial charge in [-0.1, -0.05) is 0 Å². The van der Waals surface area contributed by atoms with Crippen molar-refractivity contribution < 1.29 is 14.6 Å². The van der Waals surface area contributed by atoms with Crippen LogP contribution in [-0.4, -0.2) is 75.8 Å². The third-order valence-corrected chi connectivity index (χ3v) is 4.28. The molecule has 2 rings (SSSR count). The molecule has 2 aliphatic rings. The predicted octanol–water partition coefficient (Wildman–Crippen LogP) is 0.0858. The number of nitrogens with one attached hydrogen (secondary N) is 1. The van der Waals surface area contributed by atoms with Crippen molar-refractivity contribution in [1.82, 2.24) is 10.2 Å². The van der Waals surface area contributed by atoms with E-state index >= 15 is 0 Å². The van der Waals surface area contributed by atoms with Gasteiger partial charge in [-0.2, -0.15) is 0 Å². The van der Waals surface area contributed by atoms with Crippen molar-refractivity contribution in [2.24, 2.45) is 5.41 Å². The summed E-state index contributed by atoms with van der Waals surface area (Å²) in [4.78, 5) is 2.55. The van der Waals surface area contributed by atoms with E-state index in [-0.39, 0.29) is 6.61 Å². The number of piperidine rings is 1. The number of nitrogens with zero attached hydrogens (tertiary/aromatic N) is 1.